The molecule has 1 amide bonds. The van der Waals surface area contributed by atoms with Gasteiger partial charge in [0.1, 0.15) is 6.61 Å². The number of benzene rings is 3. The number of nitrogens with two attached hydrogens (primary N) is 2. The summed E-state index contributed by atoms with van der Waals surface area (Å²) in [6.45, 7) is 0.630. The molecule has 3 aromatic carbocycles. The number of nitrogens with zero attached hydrogens (tertiary/aromatic N) is 2. The van der Waals surface area contributed by atoms with Gasteiger partial charge in [0.05, 0.1) is 5.56 Å². The smallest absolute Gasteiger partial charge is 0.249 e. The van der Waals surface area contributed by atoms with E-state index in [1.165, 1.54) is 12.1 Å². The predicted octanol–water partition coefficient (Wildman–Crippen LogP) is 5.61. The van der Waals surface area contributed by atoms with Crippen LogP contribution in [-0.2, 0) is 6.61 Å². The SMILES string of the molecule is NC(=O)c1ccc(OCc2ncccn2)c(F)c1-c1cc(C(CNC2CCC(N)CC2)c2ccccc2)ccc1Cl. The lowest BCUT2D eigenvalue weighted by atomic mass is 9.87. The average molecular weight is 574 g/mol. The quantitative estimate of drug-likeness (QED) is 0.227. The molecule has 4 aromatic rings. The monoisotopic (exact) mass is 573 g/mol. The van der Waals surface area contributed by atoms with Gasteiger partial charge in [-0.15, -0.1) is 0 Å². The predicted molar refractivity (Wildman–Crippen MR) is 158 cm³/mol. The third-order valence-electron chi connectivity index (χ3n) is 7.59. The van der Waals surface area contributed by atoms with Crippen LogP contribution in [0.3, 0.4) is 0 Å². The number of ether oxygens (including phenoxy) is 1. The molecule has 41 heavy (non-hydrogen) atoms. The number of amides is 1. The van der Waals surface area contributed by atoms with Gasteiger partial charge in [-0.05, 0) is 67.1 Å². The summed E-state index contributed by atoms with van der Waals surface area (Å²) in [5.74, 6) is -1.21. The van der Waals surface area contributed by atoms with Crippen molar-refractivity contribution in [2.45, 2.75) is 50.3 Å². The molecule has 212 valence electrons. The first-order valence-corrected chi connectivity index (χ1v) is 14.1. The molecule has 0 radical (unpaired) electrons. The van der Waals surface area contributed by atoms with Crippen molar-refractivity contribution >= 4 is 17.5 Å². The zero-order valence-electron chi connectivity index (χ0n) is 22.6. The molecular weight excluding hydrogens is 541 g/mol. The Hall–Kier alpha value is -3.85. The lowest BCUT2D eigenvalue weighted by Crippen LogP contribution is -2.39. The van der Waals surface area contributed by atoms with Crippen molar-refractivity contribution in [3.63, 3.8) is 0 Å². The number of hydrogen-bond acceptors (Lipinski definition) is 6. The fraction of sp³-hybridized carbons (Fsp3) is 0.281. The number of hydrogen-bond donors (Lipinski definition) is 3. The van der Waals surface area contributed by atoms with E-state index in [9.17, 15) is 4.79 Å². The molecule has 5 N–H and O–H groups in total. The molecule has 0 aliphatic heterocycles. The summed E-state index contributed by atoms with van der Waals surface area (Å²) < 4.78 is 21.8. The molecule has 7 nitrogen and oxygen atoms in total. The second-order valence-corrected chi connectivity index (χ2v) is 10.7. The second-order valence-electron chi connectivity index (χ2n) is 10.3. The number of aromatic nitrogens is 2. The second kappa shape index (κ2) is 13.2. The van der Waals surface area contributed by atoms with Gasteiger partial charge in [-0.1, -0.05) is 48.0 Å². The van der Waals surface area contributed by atoms with Crippen molar-refractivity contribution < 1.29 is 13.9 Å². The molecule has 1 aromatic heterocycles. The van der Waals surface area contributed by atoms with Crippen LogP contribution in [0.2, 0.25) is 5.02 Å². The Morgan fingerprint density at radius 3 is 2.44 bits per heavy atom. The minimum Gasteiger partial charge on any atom is -0.483 e. The average Bonchev–Trinajstić information content (AvgIpc) is 2.99. The molecule has 9 heteroatoms. The Bertz CT molecular complexity index is 1480. The van der Waals surface area contributed by atoms with Crippen LogP contribution < -0.4 is 21.5 Å². The zero-order chi connectivity index (χ0) is 28.8. The van der Waals surface area contributed by atoms with Gasteiger partial charge >= 0.3 is 0 Å². The standard InChI is InChI=1S/C32H33ClFN5O2/c33-27-13-7-21(26(20-5-2-1-3-6-20)18-39-23-10-8-22(35)9-11-23)17-25(27)30-24(32(36)40)12-14-28(31(30)34)41-19-29-37-15-4-16-38-29/h1-7,12-17,22-23,26,39H,8-11,18-19,35H2,(H2,36,40). The van der Waals surface area contributed by atoms with E-state index >= 15 is 4.39 Å². The molecule has 1 aliphatic rings. The summed E-state index contributed by atoms with van der Waals surface area (Å²) in [4.78, 5) is 20.6. The number of halogens is 2. The van der Waals surface area contributed by atoms with Crippen LogP contribution in [0.1, 0.15) is 58.9 Å². The van der Waals surface area contributed by atoms with Crippen LogP contribution in [0, 0.1) is 5.82 Å². The molecule has 0 spiro atoms. The first kappa shape index (κ1) is 28.7. The minimum absolute atomic E-state index is 0.00290. The van der Waals surface area contributed by atoms with Crippen LogP contribution in [0.5, 0.6) is 5.75 Å². The van der Waals surface area contributed by atoms with Crippen molar-refractivity contribution in [2.24, 2.45) is 11.5 Å². The highest BCUT2D eigenvalue weighted by Crippen LogP contribution is 2.39. The highest BCUT2D eigenvalue weighted by Gasteiger charge is 2.25. The van der Waals surface area contributed by atoms with Gasteiger partial charge < -0.3 is 21.5 Å². The van der Waals surface area contributed by atoms with E-state index in [1.54, 1.807) is 24.5 Å². The lowest BCUT2D eigenvalue weighted by Gasteiger charge is -2.29. The number of primary amides is 1. The van der Waals surface area contributed by atoms with E-state index in [2.05, 4.69) is 27.4 Å². The molecule has 1 unspecified atom stereocenters. The minimum atomic E-state index is -0.768. The van der Waals surface area contributed by atoms with Crippen LogP contribution in [0.4, 0.5) is 4.39 Å². The Labute approximate surface area is 244 Å². The van der Waals surface area contributed by atoms with Gasteiger partial charge in [-0.25, -0.2) is 14.4 Å². The Morgan fingerprint density at radius 2 is 1.73 bits per heavy atom. The normalized spacial score (nSPS) is 17.6. The molecular formula is C32H33ClFN5O2. The van der Waals surface area contributed by atoms with Gasteiger partial charge in [0, 0.05) is 53.1 Å². The van der Waals surface area contributed by atoms with Gasteiger partial charge in [0.15, 0.2) is 17.4 Å². The fourth-order valence-corrected chi connectivity index (χ4v) is 5.57. The highest BCUT2D eigenvalue weighted by atomic mass is 35.5. The molecule has 0 bridgehead atoms. The van der Waals surface area contributed by atoms with Crippen molar-refractivity contribution in [3.8, 4) is 16.9 Å². The van der Waals surface area contributed by atoms with Gasteiger partial charge in [0.2, 0.25) is 5.91 Å². The maximum atomic E-state index is 16.1. The summed E-state index contributed by atoms with van der Waals surface area (Å²) in [5, 5.41) is 4.02. The zero-order valence-corrected chi connectivity index (χ0v) is 23.4. The molecule has 1 aliphatic carbocycles. The van der Waals surface area contributed by atoms with Gasteiger partial charge in [0.25, 0.3) is 0 Å². The number of nitrogens with one attached hydrogen (secondary N) is 1. The van der Waals surface area contributed by atoms with Gasteiger partial charge in [-0.3, -0.25) is 4.79 Å². The summed E-state index contributed by atoms with van der Waals surface area (Å²) >= 11 is 6.66. The Balaban J connectivity index is 1.51. The van der Waals surface area contributed by atoms with E-state index in [0.29, 0.717) is 29.0 Å². The molecule has 1 fully saturated rings. The summed E-state index contributed by atoms with van der Waals surface area (Å²) in [6.07, 6.45) is 7.23. The maximum absolute atomic E-state index is 16.1. The summed E-state index contributed by atoms with van der Waals surface area (Å²) in [5.41, 5.74) is 14.2. The maximum Gasteiger partial charge on any atom is 0.249 e. The first-order valence-electron chi connectivity index (χ1n) is 13.8. The van der Waals surface area contributed by atoms with Crippen molar-refractivity contribution in [2.75, 3.05) is 6.54 Å². The van der Waals surface area contributed by atoms with Crippen molar-refractivity contribution in [3.05, 3.63) is 112 Å². The first-order chi connectivity index (χ1) is 19.9. The van der Waals surface area contributed by atoms with Crippen LogP contribution in [-0.4, -0.2) is 34.5 Å². The highest BCUT2D eigenvalue weighted by molar-refractivity contribution is 6.33. The Morgan fingerprint density at radius 1 is 1.00 bits per heavy atom. The molecule has 1 atom stereocenters. The lowest BCUT2D eigenvalue weighted by molar-refractivity contribution is 0.100. The molecule has 1 saturated carbocycles. The third-order valence-corrected chi connectivity index (χ3v) is 7.92. The van der Waals surface area contributed by atoms with Crippen LogP contribution in [0.25, 0.3) is 11.1 Å². The summed E-state index contributed by atoms with van der Waals surface area (Å²) in [6, 6.07) is 20.8. The topological polar surface area (TPSA) is 116 Å². The van der Waals surface area contributed by atoms with E-state index in [0.717, 1.165) is 36.8 Å². The molecule has 5 rings (SSSR count). The molecule has 1 heterocycles. The number of carbonyl (C=O) groups excluding carboxylic acids is 1. The fourth-order valence-electron chi connectivity index (χ4n) is 5.36. The number of carbonyl (C=O) groups is 1. The van der Waals surface area contributed by atoms with E-state index < -0.39 is 11.7 Å². The van der Waals surface area contributed by atoms with E-state index in [1.807, 2.05) is 30.3 Å². The van der Waals surface area contributed by atoms with E-state index in [4.69, 9.17) is 27.8 Å². The largest absolute Gasteiger partial charge is 0.483 e. The summed E-state index contributed by atoms with van der Waals surface area (Å²) in [7, 11) is 0. The van der Waals surface area contributed by atoms with Crippen LogP contribution in [0.15, 0.2) is 79.1 Å². The van der Waals surface area contributed by atoms with Crippen molar-refractivity contribution in [1.29, 1.82) is 0 Å². The molecule has 0 saturated heterocycles. The third kappa shape index (κ3) is 6.90. The Kier molecular flexibility index (Phi) is 9.24. The van der Waals surface area contributed by atoms with Crippen molar-refractivity contribution in [1.82, 2.24) is 15.3 Å². The van der Waals surface area contributed by atoms with E-state index in [-0.39, 0.29) is 35.4 Å². The number of rotatable bonds is 10. The van der Waals surface area contributed by atoms with Crippen LogP contribution >= 0.6 is 11.6 Å². The van der Waals surface area contributed by atoms with Gasteiger partial charge in [-0.2, -0.15) is 0 Å².